The molecular formula is C20H21ClF2N2O4S. The van der Waals surface area contributed by atoms with E-state index < -0.39 is 33.5 Å². The van der Waals surface area contributed by atoms with E-state index in [0.29, 0.717) is 31.3 Å². The van der Waals surface area contributed by atoms with Gasteiger partial charge in [-0.25, -0.2) is 17.2 Å². The van der Waals surface area contributed by atoms with Gasteiger partial charge >= 0.3 is 0 Å². The largest absolute Gasteiger partial charge is 0.492 e. The predicted molar refractivity (Wildman–Crippen MR) is 109 cm³/mol. The van der Waals surface area contributed by atoms with E-state index in [1.165, 1.54) is 22.5 Å². The van der Waals surface area contributed by atoms with Gasteiger partial charge in [0.25, 0.3) is 0 Å². The van der Waals surface area contributed by atoms with Gasteiger partial charge < -0.3 is 10.1 Å². The fourth-order valence-corrected chi connectivity index (χ4v) is 5.11. The van der Waals surface area contributed by atoms with E-state index >= 15 is 0 Å². The van der Waals surface area contributed by atoms with Crippen LogP contribution in [0.3, 0.4) is 0 Å². The summed E-state index contributed by atoms with van der Waals surface area (Å²) in [7, 11) is -3.88. The number of sulfonamides is 1. The van der Waals surface area contributed by atoms with Crippen LogP contribution in [0.15, 0.2) is 41.3 Å². The van der Waals surface area contributed by atoms with E-state index in [2.05, 4.69) is 5.32 Å². The molecule has 1 saturated heterocycles. The summed E-state index contributed by atoms with van der Waals surface area (Å²) in [4.78, 5) is 12.6. The summed E-state index contributed by atoms with van der Waals surface area (Å²) in [5, 5.41) is 2.59. The van der Waals surface area contributed by atoms with Crippen LogP contribution < -0.4 is 10.1 Å². The molecule has 3 rings (SSSR count). The molecule has 0 radical (unpaired) electrons. The van der Waals surface area contributed by atoms with E-state index in [-0.39, 0.29) is 28.7 Å². The van der Waals surface area contributed by atoms with E-state index in [0.717, 1.165) is 12.1 Å². The van der Waals surface area contributed by atoms with Crippen LogP contribution in [-0.2, 0) is 14.8 Å². The highest BCUT2D eigenvalue weighted by Crippen LogP contribution is 2.31. The van der Waals surface area contributed by atoms with Gasteiger partial charge in [-0.3, -0.25) is 4.79 Å². The highest BCUT2D eigenvalue weighted by Gasteiger charge is 2.34. The zero-order chi connectivity index (χ0) is 21.9. The van der Waals surface area contributed by atoms with Crippen molar-refractivity contribution in [3.63, 3.8) is 0 Å². The van der Waals surface area contributed by atoms with E-state index in [4.69, 9.17) is 16.3 Å². The van der Waals surface area contributed by atoms with Gasteiger partial charge in [0.1, 0.15) is 17.4 Å². The topological polar surface area (TPSA) is 75.7 Å². The molecule has 1 aliphatic heterocycles. The third-order valence-corrected chi connectivity index (χ3v) is 6.94. The second kappa shape index (κ2) is 9.28. The Hall–Kier alpha value is -2.23. The van der Waals surface area contributed by atoms with Crippen molar-refractivity contribution in [1.29, 1.82) is 0 Å². The Morgan fingerprint density at radius 3 is 2.70 bits per heavy atom. The Labute approximate surface area is 178 Å². The van der Waals surface area contributed by atoms with Crippen molar-refractivity contribution in [3.8, 4) is 5.75 Å². The van der Waals surface area contributed by atoms with Crippen LogP contribution in [0.5, 0.6) is 5.75 Å². The third kappa shape index (κ3) is 4.91. The van der Waals surface area contributed by atoms with Crippen molar-refractivity contribution in [3.05, 3.63) is 53.1 Å². The lowest BCUT2D eigenvalue weighted by atomic mass is 9.98. The van der Waals surface area contributed by atoms with Gasteiger partial charge in [-0.1, -0.05) is 11.6 Å². The summed E-state index contributed by atoms with van der Waals surface area (Å²) in [6.07, 6.45) is 0.915. The van der Waals surface area contributed by atoms with Crippen molar-refractivity contribution >= 4 is 33.2 Å². The number of nitrogens with zero attached hydrogens (tertiary/aromatic N) is 1. The fourth-order valence-electron chi connectivity index (χ4n) is 3.26. The Kier molecular flexibility index (Phi) is 6.95. The molecule has 0 saturated carbocycles. The van der Waals surface area contributed by atoms with E-state index in [1.54, 1.807) is 6.92 Å². The SMILES string of the molecule is CCOc1ccc(S(=O)(=O)N2CCC[C@H](C(=O)Nc3ccc(F)cc3F)C2)cc1Cl. The Balaban J connectivity index is 1.74. The molecule has 1 N–H and O–H groups in total. The van der Waals surface area contributed by atoms with Gasteiger partial charge in [-0.15, -0.1) is 0 Å². The second-order valence-corrected chi connectivity index (χ2v) is 9.19. The molecule has 10 heteroatoms. The smallest absolute Gasteiger partial charge is 0.243 e. The summed E-state index contributed by atoms with van der Waals surface area (Å²) in [5.74, 6) is -2.46. The monoisotopic (exact) mass is 458 g/mol. The minimum atomic E-state index is -3.88. The highest BCUT2D eigenvalue weighted by molar-refractivity contribution is 7.89. The van der Waals surface area contributed by atoms with Crippen molar-refractivity contribution in [2.45, 2.75) is 24.7 Å². The number of piperidine rings is 1. The third-order valence-electron chi connectivity index (χ3n) is 4.78. The van der Waals surface area contributed by atoms with Crippen LogP contribution in [0.1, 0.15) is 19.8 Å². The number of hydrogen-bond donors (Lipinski definition) is 1. The zero-order valence-corrected chi connectivity index (χ0v) is 17.8. The van der Waals surface area contributed by atoms with Crippen LogP contribution in [0.25, 0.3) is 0 Å². The summed E-state index contributed by atoms with van der Waals surface area (Å²) >= 11 is 6.11. The molecule has 1 heterocycles. The van der Waals surface area contributed by atoms with Gasteiger partial charge in [-0.2, -0.15) is 4.31 Å². The van der Waals surface area contributed by atoms with Gasteiger partial charge in [0.2, 0.25) is 15.9 Å². The predicted octanol–water partition coefficient (Wildman–Crippen LogP) is 4.06. The summed E-state index contributed by atoms with van der Waals surface area (Å²) in [6, 6.07) is 7.05. The number of benzene rings is 2. The summed E-state index contributed by atoms with van der Waals surface area (Å²) in [5.41, 5.74) is -0.153. The van der Waals surface area contributed by atoms with Crippen molar-refractivity contribution < 1.29 is 26.7 Å². The maximum Gasteiger partial charge on any atom is 0.243 e. The van der Waals surface area contributed by atoms with Crippen molar-refractivity contribution in [2.75, 3.05) is 25.0 Å². The molecule has 1 amide bonds. The lowest BCUT2D eigenvalue weighted by Gasteiger charge is -2.31. The molecular weight excluding hydrogens is 438 g/mol. The van der Waals surface area contributed by atoms with Gasteiger partial charge in [-0.05, 0) is 50.1 Å². The number of carbonyl (C=O) groups is 1. The molecule has 0 aromatic heterocycles. The fraction of sp³-hybridized carbons (Fsp3) is 0.350. The van der Waals surface area contributed by atoms with Gasteiger partial charge in [0, 0.05) is 19.2 Å². The number of rotatable bonds is 6. The standard InChI is InChI=1S/C20H21ClF2N2O4S/c1-2-29-19-8-6-15(11-16(19)21)30(27,28)25-9-3-4-13(12-25)20(26)24-18-7-5-14(22)10-17(18)23/h5-8,10-11,13H,2-4,9,12H2,1H3,(H,24,26)/t13-/m0/s1. The van der Waals surface area contributed by atoms with E-state index in [1.807, 2.05) is 0 Å². The summed E-state index contributed by atoms with van der Waals surface area (Å²) < 4.78 is 59.4. The molecule has 2 aromatic carbocycles. The molecule has 0 unspecified atom stereocenters. The molecule has 0 aliphatic carbocycles. The normalized spacial score (nSPS) is 17.5. The van der Waals surface area contributed by atoms with Gasteiger partial charge in [0.15, 0.2) is 0 Å². The van der Waals surface area contributed by atoms with Crippen LogP contribution in [0.4, 0.5) is 14.5 Å². The maximum absolute atomic E-state index is 13.8. The highest BCUT2D eigenvalue weighted by atomic mass is 35.5. The molecule has 0 bridgehead atoms. The first-order valence-corrected chi connectivity index (χ1v) is 11.2. The van der Waals surface area contributed by atoms with E-state index in [9.17, 15) is 22.0 Å². The zero-order valence-electron chi connectivity index (χ0n) is 16.2. The van der Waals surface area contributed by atoms with Crippen LogP contribution >= 0.6 is 11.6 Å². The molecule has 6 nitrogen and oxygen atoms in total. The molecule has 0 spiro atoms. The number of carbonyl (C=O) groups excluding carboxylic acids is 1. The minimum Gasteiger partial charge on any atom is -0.492 e. The second-order valence-electron chi connectivity index (χ2n) is 6.84. The molecule has 1 aliphatic rings. The quantitative estimate of drug-likeness (QED) is 0.708. The molecule has 162 valence electrons. The van der Waals surface area contributed by atoms with Crippen LogP contribution in [0, 0.1) is 17.6 Å². The minimum absolute atomic E-state index is 0.00147. The number of nitrogens with one attached hydrogen (secondary N) is 1. The Morgan fingerprint density at radius 1 is 1.27 bits per heavy atom. The van der Waals surface area contributed by atoms with Crippen LogP contribution in [-0.4, -0.2) is 38.3 Å². The molecule has 2 aromatic rings. The average Bonchev–Trinajstić information content (AvgIpc) is 2.71. The molecule has 30 heavy (non-hydrogen) atoms. The van der Waals surface area contributed by atoms with Gasteiger partial charge in [0.05, 0.1) is 28.1 Å². The number of ether oxygens (including phenoxy) is 1. The average molecular weight is 459 g/mol. The molecule has 1 atom stereocenters. The number of halogens is 3. The number of amides is 1. The van der Waals surface area contributed by atoms with Crippen molar-refractivity contribution in [1.82, 2.24) is 4.31 Å². The first kappa shape index (κ1) is 22.5. The Bertz CT molecular complexity index is 1050. The number of anilines is 1. The first-order chi connectivity index (χ1) is 14.2. The van der Waals surface area contributed by atoms with Crippen LogP contribution in [0.2, 0.25) is 5.02 Å². The maximum atomic E-state index is 13.8. The molecule has 1 fully saturated rings. The van der Waals surface area contributed by atoms with Crippen molar-refractivity contribution in [2.24, 2.45) is 5.92 Å². The lowest BCUT2D eigenvalue weighted by Crippen LogP contribution is -2.43. The Morgan fingerprint density at radius 2 is 2.03 bits per heavy atom. The lowest BCUT2D eigenvalue weighted by molar-refractivity contribution is -0.120. The number of hydrogen-bond acceptors (Lipinski definition) is 4. The first-order valence-electron chi connectivity index (χ1n) is 9.40. The summed E-state index contributed by atoms with van der Waals surface area (Å²) in [6.45, 7) is 2.38.